The van der Waals surface area contributed by atoms with Crippen molar-refractivity contribution in [1.29, 1.82) is 0 Å². The van der Waals surface area contributed by atoms with Crippen molar-refractivity contribution in [3.63, 3.8) is 0 Å². The number of hydrogen-bond acceptors (Lipinski definition) is 4. The molecule has 0 radical (unpaired) electrons. The fourth-order valence-electron chi connectivity index (χ4n) is 3.09. The molecule has 0 aromatic rings. The maximum Gasteiger partial charge on any atom is 0.206 e. The normalized spacial score (nSPS) is 15.1. The predicted molar refractivity (Wildman–Crippen MR) is 96.2 cm³/mol. The van der Waals surface area contributed by atoms with Crippen LogP contribution in [0.2, 0.25) is 0 Å². The van der Waals surface area contributed by atoms with Crippen LogP contribution in [0.5, 0.6) is 0 Å². The first-order valence-electron chi connectivity index (χ1n) is 9.49. The summed E-state index contributed by atoms with van der Waals surface area (Å²) in [5.41, 5.74) is 0. The van der Waals surface area contributed by atoms with E-state index in [-0.39, 0.29) is 23.4 Å². The van der Waals surface area contributed by atoms with Gasteiger partial charge in [0.05, 0.1) is 6.04 Å². The van der Waals surface area contributed by atoms with E-state index in [1.807, 2.05) is 0 Å². The number of nitrogens with zero attached hydrogens (tertiary/aromatic N) is 2. The summed E-state index contributed by atoms with van der Waals surface area (Å²) >= 11 is 0. The van der Waals surface area contributed by atoms with Crippen molar-refractivity contribution in [2.24, 2.45) is 17.0 Å². The minimum absolute atomic E-state index is 0.00447. The molecule has 0 fully saturated rings. The van der Waals surface area contributed by atoms with Crippen LogP contribution in [-0.4, -0.2) is 17.5 Å². The maximum absolute atomic E-state index is 10.7. The number of unbranched alkanes of at least 4 members (excludes halogenated alkanes) is 5. The van der Waals surface area contributed by atoms with Gasteiger partial charge in [-0.1, -0.05) is 77.3 Å². The minimum atomic E-state index is -0.167. The molecule has 0 aliphatic rings. The summed E-state index contributed by atoms with van der Waals surface area (Å²) in [6.07, 6.45) is 11.6. The Morgan fingerprint density at radius 3 is 2.04 bits per heavy atom. The van der Waals surface area contributed by atoms with Crippen LogP contribution < -0.4 is 0 Å². The largest absolute Gasteiger partial charge is 0.265 e. The molecule has 0 rings (SSSR count). The van der Waals surface area contributed by atoms with Crippen molar-refractivity contribution < 1.29 is 4.92 Å². The SMILES string of the molecule is CCCCC(CCCCCCC[C@@H](C[N+](=O)[O-])C(C)CC)N=O. The highest BCUT2D eigenvalue weighted by atomic mass is 16.6. The van der Waals surface area contributed by atoms with E-state index in [4.69, 9.17) is 0 Å². The summed E-state index contributed by atoms with van der Waals surface area (Å²) in [5.74, 6) is 0.645. The van der Waals surface area contributed by atoms with Gasteiger partial charge in [-0.05, 0) is 25.2 Å². The molecule has 0 aliphatic carbocycles. The molecular formula is C18H36N2O3. The average Bonchev–Trinajstić information content (AvgIpc) is 2.54. The highest BCUT2D eigenvalue weighted by Gasteiger charge is 2.20. The van der Waals surface area contributed by atoms with Crippen LogP contribution in [0.15, 0.2) is 5.18 Å². The Kier molecular flexibility index (Phi) is 13.9. The topological polar surface area (TPSA) is 72.6 Å². The zero-order valence-corrected chi connectivity index (χ0v) is 15.3. The van der Waals surface area contributed by atoms with Crippen molar-refractivity contribution in [1.82, 2.24) is 0 Å². The van der Waals surface area contributed by atoms with Gasteiger partial charge < -0.3 is 0 Å². The van der Waals surface area contributed by atoms with E-state index in [0.717, 1.165) is 70.6 Å². The average molecular weight is 328 g/mol. The smallest absolute Gasteiger partial charge is 0.206 e. The monoisotopic (exact) mass is 328 g/mol. The second kappa shape index (κ2) is 14.6. The lowest BCUT2D eigenvalue weighted by Gasteiger charge is -2.18. The molecule has 0 spiro atoms. The number of nitro groups is 1. The summed E-state index contributed by atoms with van der Waals surface area (Å²) in [6.45, 7) is 6.47. The molecule has 0 saturated heterocycles. The van der Waals surface area contributed by atoms with Gasteiger partial charge in [0.2, 0.25) is 6.54 Å². The lowest BCUT2D eigenvalue weighted by molar-refractivity contribution is -0.490. The molecule has 0 N–H and O–H groups in total. The van der Waals surface area contributed by atoms with E-state index in [9.17, 15) is 15.0 Å². The number of hydrogen-bond donors (Lipinski definition) is 0. The van der Waals surface area contributed by atoms with E-state index in [1.165, 1.54) is 0 Å². The third-order valence-electron chi connectivity index (χ3n) is 4.98. The molecule has 0 amide bonds. The second-order valence-corrected chi connectivity index (χ2v) is 6.91. The lowest BCUT2D eigenvalue weighted by Crippen LogP contribution is -2.21. The van der Waals surface area contributed by atoms with Crippen molar-refractivity contribution in [2.45, 2.75) is 97.4 Å². The van der Waals surface area contributed by atoms with E-state index in [0.29, 0.717) is 5.92 Å². The van der Waals surface area contributed by atoms with Crippen LogP contribution in [0.4, 0.5) is 0 Å². The van der Waals surface area contributed by atoms with Crippen LogP contribution in [-0.2, 0) is 0 Å². The number of rotatable bonds is 16. The van der Waals surface area contributed by atoms with E-state index >= 15 is 0 Å². The molecule has 0 saturated carbocycles. The van der Waals surface area contributed by atoms with Crippen molar-refractivity contribution in [2.75, 3.05) is 6.54 Å². The Hall–Kier alpha value is -1.00. The van der Waals surface area contributed by atoms with Gasteiger partial charge in [0, 0.05) is 10.8 Å². The minimum Gasteiger partial charge on any atom is -0.265 e. The molecule has 0 bridgehead atoms. The van der Waals surface area contributed by atoms with Gasteiger partial charge in [0.1, 0.15) is 0 Å². The van der Waals surface area contributed by atoms with Gasteiger partial charge in [0.15, 0.2) is 0 Å². The van der Waals surface area contributed by atoms with Crippen molar-refractivity contribution in [3.05, 3.63) is 15.0 Å². The Balaban J connectivity index is 3.73. The summed E-state index contributed by atoms with van der Waals surface area (Å²) in [7, 11) is 0. The third-order valence-corrected chi connectivity index (χ3v) is 4.98. The Bertz CT molecular complexity index is 311. The molecule has 5 nitrogen and oxygen atoms in total. The lowest BCUT2D eigenvalue weighted by atomic mass is 9.87. The van der Waals surface area contributed by atoms with E-state index in [2.05, 4.69) is 25.9 Å². The molecule has 0 heterocycles. The molecule has 23 heavy (non-hydrogen) atoms. The fourth-order valence-corrected chi connectivity index (χ4v) is 3.09. The summed E-state index contributed by atoms with van der Waals surface area (Å²) in [6, 6.07) is 0.00447. The highest BCUT2D eigenvalue weighted by Crippen LogP contribution is 2.22. The summed E-state index contributed by atoms with van der Waals surface area (Å²) in [5, 5.41) is 14.0. The van der Waals surface area contributed by atoms with Gasteiger partial charge in [-0.2, -0.15) is 4.91 Å². The van der Waals surface area contributed by atoms with Gasteiger partial charge >= 0.3 is 0 Å². The van der Waals surface area contributed by atoms with Crippen molar-refractivity contribution in [3.8, 4) is 0 Å². The molecule has 0 aliphatic heterocycles. The maximum atomic E-state index is 10.7. The summed E-state index contributed by atoms with van der Waals surface area (Å²) in [4.78, 5) is 21.3. The zero-order chi connectivity index (χ0) is 17.5. The van der Waals surface area contributed by atoms with Crippen LogP contribution >= 0.6 is 0 Å². The first-order chi connectivity index (χ1) is 11.0. The molecule has 0 aromatic carbocycles. The quantitative estimate of drug-likeness (QED) is 0.151. The Morgan fingerprint density at radius 2 is 1.52 bits per heavy atom. The predicted octanol–water partition coefficient (Wildman–Crippen LogP) is 5.98. The second-order valence-electron chi connectivity index (χ2n) is 6.91. The first kappa shape index (κ1) is 22.0. The van der Waals surface area contributed by atoms with Crippen molar-refractivity contribution >= 4 is 0 Å². The molecular weight excluding hydrogens is 292 g/mol. The third kappa shape index (κ3) is 12.1. The Labute approximate surface area is 141 Å². The van der Waals surface area contributed by atoms with Gasteiger partial charge in [-0.15, -0.1) is 0 Å². The van der Waals surface area contributed by atoms with Gasteiger partial charge in [-0.25, -0.2) is 0 Å². The molecule has 3 atom stereocenters. The van der Waals surface area contributed by atoms with E-state index in [1.54, 1.807) is 0 Å². The Morgan fingerprint density at radius 1 is 0.957 bits per heavy atom. The van der Waals surface area contributed by atoms with Crippen LogP contribution in [0.3, 0.4) is 0 Å². The van der Waals surface area contributed by atoms with Gasteiger partial charge in [-0.3, -0.25) is 10.1 Å². The molecule has 5 heteroatoms. The summed E-state index contributed by atoms with van der Waals surface area (Å²) < 4.78 is 0. The van der Waals surface area contributed by atoms with Crippen LogP contribution in [0, 0.1) is 26.9 Å². The van der Waals surface area contributed by atoms with Gasteiger partial charge in [0.25, 0.3) is 0 Å². The zero-order valence-electron chi connectivity index (χ0n) is 15.3. The standard InChI is InChI=1S/C18H36N2O3/c1-4-6-13-18(19-21)14-11-9-7-8-10-12-17(15-20(22)23)16(3)5-2/h16-18H,4-15H2,1-3H3/t16?,17-,18?/m0/s1. The molecule has 0 aromatic heterocycles. The first-order valence-corrected chi connectivity index (χ1v) is 9.49. The molecule has 2 unspecified atom stereocenters. The number of nitroso groups, excluding NO2 is 1. The van der Waals surface area contributed by atoms with E-state index < -0.39 is 0 Å². The van der Waals surface area contributed by atoms with Crippen LogP contribution in [0.25, 0.3) is 0 Å². The molecule has 136 valence electrons. The highest BCUT2D eigenvalue weighted by molar-refractivity contribution is 4.67. The van der Waals surface area contributed by atoms with Crippen LogP contribution in [0.1, 0.15) is 91.4 Å². The fraction of sp³-hybridized carbons (Fsp3) is 1.00.